The second kappa shape index (κ2) is 5.15. The van der Waals surface area contributed by atoms with Gasteiger partial charge in [-0.25, -0.2) is 4.79 Å². The van der Waals surface area contributed by atoms with Crippen molar-refractivity contribution in [3.8, 4) is 0 Å². The van der Waals surface area contributed by atoms with Crippen molar-refractivity contribution in [1.82, 2.24) is 0 Å². The van der Waals surface area contributed by atoms with Gasteiger partial charge in [-0.2, -0.15) is 0 Å². The molecule has 1 saturated carbocycles. The summed E-state index contributed by atoms with van der Waals surface area (Å²) in [6, 6.07) is 2.01. The Morgan fingerprint density at radius 1 is 1.50 bits per heavy atom. The van der Waals surface area contributed by atoms with E-state index in [1.54, 1.807) is 11.3 Å². The normalized spacial score (nSPS) is 17.9. The lowest BCUT2D eigenvalue weighted by Crippen LogP contribution is -2.00. The van der Waals surface area contributed by atoms with E-state index in [2.05, 4.69) is 15.9 Å². The molecule has 1 aliphatic carbocycles. The summed E-state index contributed by atoms with van der Waals surface area (Å²) in [5.74, 6) is -0.409. The molecule has 1 heterocycles. The molecule has 1 N–H and O–H groups in total. The molecule has 0 atom stereocenters. The van der Waals surface area contributed by atoms with Gasteiger partial charge in [0.1, 0.15) is 0 Å². The van der Waals surface area contributed by atoms with Gasteiger partial charge in [-0.1, -0.05) is 12.8 Å². The van der Waals surface area contributed by atoms with Crippen molar-refractivity contribution in [3.05, 3.63) is 26.9 Å². The summed E-state index contributed by atoms with van der Waals surface area (Å²) in [5, 5.41) is 10.9. The third-order valence-electron chi connectivity index (χ3n) is 2.93. The molecule has 86 valence electrons. The highest BCUT2D eigenvalue weighted by atomic mass is 79.9. The number of carboxylic acid groups (broad SMARTS) is 1. The second-order valence-electron chi connectivity index (χ2n) is 4.05. The molecule has 4 heteroatoms. The summed E-state index contributed by atoms with van der Waals surface area (Å²) in [7, 11) is 0. The maximum atomic E-state index is 10.9. The quantitative estimate of drug-likeness (QED) is 0.851. The molecule has 0 saturated heterocycles. The minimum atomic E-state index is -0.841. The molecule has 2 rings (SSSR count). The molecule has 0 spiro atoms. The number of hydrogen-bond donors (Lipinski definition) is 1. The Hall–Kier alpha value is -0.610. The maximum Gasteiger partial charge on any atom is 0.328 e. The van der Waals surface area contributed by atoms with Crippen LogP contribution in [0.3, 0.4) is 0 Å². The van der Waals surface area contributed by atoms with Crippen LogP contribution in [0.15, 0.2) is 22.0 Å². The number of carboxylic acids is 1. The summed E-state index contributed by atoms with van der Waals surface area (Å²) in [5.41, 5.74) is 1.00. The van der Waals surface area contributed by atoms with Gasteiger partial charge in [0.05, 0.1) is 0 Å². The predicted octanol–water partition coefficient (Wildman–Crippen LogP) is 4.17. The minimum absolute atomic E-state index is 0.432. The zero-order chi connectivity index (χ0) is 11.5. The van der Waals surface area contributed by atoms with Gasteiger partial charge in [0, 0.05) is 20.8 Å². The fraction of sp³-hybridized carbons (Fsp3) is 0.417. The average molecular weight is 301 g/mol. The third kappa shape index (κ3) is 2.74. The van der Waals surface area contributed by atoms with E-state index in [0.717, 1.165) is 27.8 Å². The molecular formula is C12H13BrO2S. The fourth-order valence-electron chi connectivity index (χ4n) is 2.22. The molecule has 0 amide bonds. The summed E-state index contributed by atoms with van der Waals surface area (Å²) in [4.78, 5) is 11.9. The summed E-state index contributed by atoms with van der Waals surface area (Å²) in [6.07, 6.45) is 6.06. The first-order valence-electron chi connectivity index (χ1n) is 5.36. The van der Waals surface area contributed by atoms with Crippen LogP contribution in [0.25, 0.3) is 5.57 Å². The SMILES string of the molecule is O=C(O)/C=C(/c1cc(Br)cs1)C1CCCC1. The minimum Gasteiger partial charge on any atom is -0.478 e. The van der Waals surface area contributed by atoms with E-state index in [9.17, 15) is 4.79 Å². The van der Waals surface area contributed by atoms with Crippen LogP contribution in [0.5, 0.6) is 0 Å². The van der Waals surface area contributed by atoms with Crippen LogP contribution in [-0.2, 0) is 4.79 Å². The van der Waals surface area contributed by atoms with E-state index in [0.29, 0.717) is 5.92 Å². The predicted molar refractivity (Wildman–Crippen MR) is 69.6 cm³/mol. The van der Waals surface area contributed by atoms with Gasteiger partial charge in [-0.15, -0.1) is 11.3 Å². The Morgan fingerprint density at radius 2 is 2.19 bits per heavy atom. The molecule has 1 aromatic rings. The smallest absolute Gasteiger partial charge is 0.328 e. The van der Waals surface area contributed by atoms with E-state index in [4.69, 9.17) is 5.11 Å². The molecule has 0 aliphatic heterocycles. The van der Waals surface area contributed by atoms with E-state index in [-0.39, 0.29) is 0 Å². The van der Waals surface area contributed by atoms with Gasteiger partial charge in [0.2, 0.25) is 0 Å². The molecule has 0 radical (unpaired) electrons. The first kappa shape index (κ1) is 11.9. The molecule has 0 bridgehead atoms. The molecule has 1 fully saturated rings. The number of hydrogen-bond acceptors (Lipinski definition) is 2. The van der Waals surface area contributed by atoms with Crippen LogP contribution in [0.4, 0.5) is 0 Å². The van der Waals surface area contributed by atoms with Gasteiger partial charge in [0.15, 0.2) is 0 Å². The van der Waals surface area contributed by atoms with Crippen molar-refractivity contribution >= 4 is 38.8 Å². The van der Waals surface area contributed by atoms with Crippen LogP contribution in [0.2, 0.25) is 0 Å². The van der Waals surface area contributed by atoms with Gasteiger partial charge >= 0.3 is 5.97 Å². The van der Waals surface area contributed by atoms with E-state index >= 15 is 0 Å². The van der Waals surface area contributed by atoms with Crippen LogP contribution in [0.1, 0.15) is 30.6 Å². The highest BCUT2D eigenvalue weighted by Crippen LogP contribution is 2.39. The third-order valence-corrected chi connectivity index (χ3v) is 4.67. The molecule has 0 unspecified atom stereocenters. The van der Waals surface area contributed by atoms with Crippen LogP contribution in [-0.4, -0.2) is 11.1 Å². The maximum absolute atomic E-state index is 10.9. The lowest BCUT2D eigenvalue weighted by molar-refractivity contribution is -0.131. The van der Waals surface area contributed by atoms with Crippen molar-refractivity contribution in [2.45, 2.75) is 25.7 Å². The Bertz CT molecular complexity index is 416. The summed E-state index contributed by atoms with van der Waals surface area (Å²) in [6.45, 7) is 0. The lowest BCUT2D eigenvalue weighted by Gasteiger charge is -2.11. The standard InChI is InChI=1S/C12H13BrO2S/c13-9-5-11(16-7-9)10(6-12(14)15)8-3-1-2-4-8/h5-8H,1-4H2,(H,14,15)/b10-6+. The monoisotopic (exact) mass is 300 g/mol. The number of thiophene rings is 1. The molecule has 0 aromatic carbocycles. The number of aliphatic carboxylic acids is 1. The first-order valence-corrected chi connectivity index (χ1v) is 7.03. The van der Waals surface area contributed by atoms with E-state index in [1.807, 2.05) is 11.4 Å². The van der Waals surface area contributed by atoms with Crippen molar-refractivity contribution < 1.29 is 9.90 Å². The number of carbonyl (C=O) groups is 1. The zero-order valence-corrected chi connectivity index (χ0v) is 11.2. The Morgan fingerprint density at radius 3 is 2.69 bits per heavy atom. The lowest BCUT2D eigenvalue weighted by atomic mass is 9.96. The summed E-state index contributed by atoms with van der Waals surface area (Å²) >= 11 is 5.02. The highest BCUT2D eigenvalue weighted by molar-refractivity contribution is 9.10. The molecule has 1 aliphatic rings. The Kier molecular flexibility index (Phi) is 3.82. The second-order valence-corrected chi connectivity index (χ2v) is 5.88. The average Bonchev–Trinajstić information content (AvgIpc) is 2.84. The first-order chi connectivity index (χ1) is 7.66. The number of rotatable bonds is 3. The Labute approximate surface area is 107 Å². The Balaban J connectivity index is 2.30. The van der Waals surface area contributed by atoms with Gasteiger partial charge < -0.3 is 5.11 Å². The van der Waals surface area contributed by atoms with Crippen molar-refractivity contribution in [3.63, 3.8) is 0 Å². The topological polar surface area (TPSA) is 37.3 Å². The zero-order valence-electron chi connectivity index (χ0n) is 8.78. The molecular weight excluding hydrogens is 288 g/mol. The van der Waals surface area contributed by atoms with Crippen LogP contribution < -0.4 is 0 Å². The van der Waals surface area contributed by atoms with E-state index < -0.39 is 5.97 Å². The largest absolute Gasteiger partial charge is 0.478 e. The fourth-order valence-corrected chi connectivity index (χ4v) is 3.75. The summed E-state index contributed by atoms with van der Waals surface area (Å²) < 4.78 is 1.03. The van der Waals surface area contributed by atoms with Crippen molar-refractivity contribution in [2.75, 3.05) is 0 Å². The van der Waals surface area contributed by atoms with Crippen LogP contribution >= 0.6 is 27.3 Å². The van der Waals surface area contributed by atoms with Gasteiger partial charge in [0.25, 0.3) is 0 Å². The van der Waals surface area contributed by atoms with Gasteiger partial charge in [-0.05, 0) is 46.3 Å². The van der Waals surface area contributed by atoms with Crippen molar-refractivity contribution in [1.29, 1.82) is 0 Å². The van der Waals surface area contributed by atoms with Crippen LogP contribution in [0, 0.1) is 5.92 Å². The molecule has 2 nitrogen and oxygen atoms in total. The van der Waals surface area contributed by atoms with Crippen molar-refractivity contribution in [2.24, 2.45) is 5.92 Å². The van der Waals surface area contributed by atoms with E-state index in [1.165, 1.54) is 18.9 Å². The molecule has 16 heavy (non-hydrogen) atoms. The van der Waals surface area contributed by atoms with Gasteiger partial charge in [-0.3, -0.25) is 0 Å². The number of allylic oxidation sites excluding steroid dienone is 1. The molecule has 1 aromatic heterocycles. The highest BCUT2D eigenvalue weighted by Gasteiger charge is 2.22. The number of halogens is 1.